The number of methoxy groups -OCH3 is 2. The molecule has 3 heterocycles. The summed E-state index contributed by atoms with van der Waals surface area (Å²) < 4.78 is 19.1. The van der Waals surface area contributed by atoms with Gasteiger partial charge in [-0.2, -0.15) is 0 Å². The van der Waals surface area contributed by atoms with Crippen molar-refractivity contribution in [3.05, 3.63) is 47.5 Å². The Kier molecular flexibility index (Phi) is 9.84. The summed E-state index contributed by atoms with van der Waals surface area (Å²) in [6, 6.07) is 11.1. The second-order valence-corrected chi connectivity index (χ2v) is 11.8. The lowest BCUT2D eigenvalue weighted by Gasteiger charge is -2.31. The van der Waals surface area contributed by atoms with E-state index >= 15 is 0 Å². The molecule has 1 saturated carbocycles. The van der Waals surface area contributed by atoms with Gasteiger partial charge in [0.1, 0.15) is 24.1 Å². The third kappa shape index (κ3) is 6.35. The monoisotopic (exact) mass is 611 g/mol. The zero-order valence-corrected chi connectivity index (χ0v) is 25.8. The van der Waals surface area contributed by atoms with Gasteiger partial charge in [0.25, 0.3) is 5.91 Å². The van der Waals surface area contributed by atoms with E-state index in [0.29, 0.717) is 57.1 Å². The molecule has 232 valence electrons. The van der Waals surface area contributed by atoms with Gasteiger partial charge in [-0.25, -0.2) is 4.79 Å². The molecule has 3 aliphatic rings. The van der Waals surface area contributed by atoms with Crippen LogP contribution in [-0.4, -0.2) is 79.1 Å². The van der Waals surface area contributed by atoms with Crippen LogP contribution in [-0.2, 0) is 16.1 Å². The van der Waals surface area contributed by atoms with E-state index in [-0.39, 0.29) is 24.4 Å². The van der Waals surface area contributed by atoms with Crippen LogP contribution < -0.4 is 14.8 Å². The molecular weight excluding hydrogens is 570 g/mol. The van der Waals surface area contributed by atoms with Crippen LogP contribution in [0.25, 0.3) is 22.2 Å². The van der Waals surface area contributed by atoms with Gasteiger partial charge in [-0.3, -0.25) is 4.79 Å². The molecule has 3 aromatic rings. The van der Waals surface area contributed by atoms with E-state index in [2.05, 4.69) is 26.9 Å². The topological polar surface area (TPSA) is 102 Å². The number of hydrogen-bond donors (Lipinski definition) is 2. The van der Waals surface area contributed by atoms with Gasteiger partial charge < -0.3 is 34.1 Å². The second-order valence-electron chi connectivity index (χ2n) is 11.8. The van der Waals surface area contributed by atoms with E-state index in [4.69, 9.17) is 14.2 Å². The molecule has 2 aliphatic heterocycles. The molecule has 0 bridgehead atoms. The third-order valence-corrected chi connectivity index (χ3v) is 9.18. The Labute approximate surface area is 258 Å². The number of fused-ring (bicyclic) bond motifs is 5. The molecule has 0 unspecified atom stereocenters. The number of halogens is 1. The molecule has 1 amide bonds. The first kappa shape index (κ1) is 31.2. The fourth-order valence-corrected chi connectivity index (χ4v) is 6.96. The first-order valence-electron chi connectivity index (χ1n) is 15.2. The number of ether oxygens (including phenoxy) is 3. The van der Waals surface area contributed by atoms with Crippen LogP contribution in [0.2, 0.25) is 0 Å². The number of likely N-dealkylation sites (tertiary alicyclic amines) is 1. The number of nitrogens with one attached hydrogen (secondary N) is 1. The molecule has 1 aliphatic carbocycles. The highest BCUT2D eigenvalue weighted by atomic mass is 35.5. The summed E-state index contributed by atoms with van der Waals surface area (Å²) in [6.07, 6.45) is 6.99. The molecule has 1 atom stereocenters. The van der Waals surface area contributed by atoms with Gasteiger partial charge >= 0.3 is 5.97 Å². The van der Waals surface area contributed by atoms with Crippen molar-refractivity contribution in [3.8, 4) is 22.8 Å². The molecule has 0 spiro atoms. The molecule has 1 saturated heterocycles. The van der Waals surface area contributed by atoms with Crippen LogP contribution in [0.4, 0.5) is 0 Å². The molecule has 43 heavy (non-hydrogen) atoms. The number of nitrogens with zero attached hydrogens (tertiary/aromatic N) is 2. The smallest absolute Gasteiger partial charge is 0.329 e. The van der Waals surface area contributed by atoms with Crippen LogP contribution in [0.15, 0.2) is 36.4 Å². The fourth-order valence-electron chi connectivity index (χ4n) is 6.96. The van der Waals surface area contributed by atoms with E-state index in [9.17, 15) is 14.7 Å². The summed E-state index contributed by atoms with van der Waals surface area (Å²) in [4.78, 5) is 28.4. The SMILES string of the molecule is COC(=O)[C@H](CN1CCC(O)CC1)NC(=O)c1ccc2c(C3CCCCC3)c3n(c2c1)CCOc1cc(OC)ccc1-3.Cl. The highest BCUT2D eigenvalue weighted by Crippen LogP contribution is 2.47. The molecule has 2 fully saturated rings. The number of aliphatic hydroxyl groups excluding tert-OH is 1. The minimum absolute atomic E-state index is 0. The minimum Gasteiger partial charge on any atom is -0.497 e. The molecule has 9 nitrogen and oxygen atoms in total. The number of carbonyl (C=O) groups excluding carboxylic acids is 2. The van der Waals surface area contributed by atoms with Crippen molar-refractivity contribution < 1.29 is 28.9 Å². The maximum atomic E-state index is 13.6. The maximum Gasteiger partial charge on any atom is 0.329 e. The predicted octanol–water partition coefficient (Wildman–Crippen LogP) is 4.91. The Hall–Kier alpha value is -3.27. The Morgan fingerprint density at radius 1 is 1.02 bits per heavy atom. The third-order valence-electron chi connectivity index (χ3n) is 9.18. The summed E-state index contributed by atoms with van der Waals surface area (Å²) in [6.45, 7) is 2.86. The number of esters is 1. The van der Waals surface area contributed by atoms with Gasteiger partial charge in [0.05, 0.1) is 32.6 Å². The van der Waals surface area contributed by atoms with E-state index in [1.165, 1.54) is 43.0 Å². The minimum atomic E-state index is -0.800. The van der Waals surface area contributed by atoms with Gasteiger partial charge in [-0.1, -0.05) is 25.3 Å². The second kappa shape index (κ2) is 13.6. The maximum absolute atomic E-state index is 13.6. The van der Waals surface area contributed by atoms with Crippen molar-refractivity contribution in [1.29, 1.82) is 0 Å². The molecule has 10 heteroatoms. The summed E-state index contributed by atoms with van der Waals surface area (Å²) in [7, 11) is 3.00. The van der Waals surface area contributed by atoms with Gasteiger partial charge in [0.2, 0.25) is 0 Å². The molecule has 2 N–H and O–H groups in total. The van der Waals surface area contributed by atoms with Gasteiger partial charge in [-0.15, -0.1) is 12.4 Å². The van der Waals surface area contributed by atoms with Crippen LogP contribution in [0, 0.1) is 0 Å². The number of aromatic nitrogens is 1. The van der Waals surface area contributed by atoms with E-state index in [1.54, 1.807) is 7.11 Å². The van der Waals surface area contributed by atoms with E-state index < -0.39 is 12.0 Å². The van der Waals surface area contributed by atoms with Crippen molar-refractivity contribution in [2.75, 3.05) is 40.5 Å². The summed E-state index contributed by atoms with van der Waals surface area (Å²) in [5.41, 5.74) is 5.07. The number of rotatable bonds is 7. The highest BCUT2D eigenvalue weighted by Gasteiger charge is 2.31. The lowest BCUT2D eigenvalue weighted by Crippen LogP contribution is -2.51. The fraction of sp³-hybridized carbons (Fsp3) is 0.515. The quantitative estimate of drug-likeness (QED) is 0.366. The first-order chi connectivity index (χ1) is 20.5. The van der Waals surface area contributed by atoms with Gasteiger partial charge in [-0.05, 0) is 61.4 Å². The Bertz CT molecular complexity index is 1460. The van der Waals surface area contributed by atoms with Gasteiger partial charge in [0, 0.05) is 47.7 Å². The van der Waals surface area contributed by atoms with Crippen molar-refractivity contribution >= 4 is 35.2 Å². The Morgan fingerprint density at radius 2 is 1.79 bits per heavy atom. The summed E-state index contributed by atoms with van der Waals surface area (Å²) >= 11 is 0. The number of hydrogen-bond acceptors (Lipinski definition) is 7. The standard InChI is InChI=1S/C33H41N3O6.ClH/c1-40-24-9-11-26-29(19-24)42-17-16-36-28-18-22(8-10-25(28)30(31(26)36)21-6-4-3-5-7-21)32(38)34-27(33(39)41-2)20-35-14-12-23(37)13-15-35;/h8-11,18-19,21,23,27,37H,3-7,12-17,20H2,1-2H3,(H,34,38);1H/t27-;/m0./s1. The predicted molar refractivity (Wildman–Crippen MR) is 167 cm³/mol. The first-order valence-corrected chi connectivity index (χ1v) is 15.2. The van der Waals surface area contributed by atoms with E-state index in [0.717, 1.165) is 35.4 Å². The highest BCUT2D eigenvalue weighted by molar-refractivity contribution is 6.02. The zero-order valence-electron chi connectivity index (χ0n) is 25.0. The van der Waals surface area contributed by atoms with Crippen molar-refractivity contribution in [1.82, 2.24) is 14.8 Å². The van der Waals surface area contributed by atoms with Crippen molar-refractivity contribution in [3.63, 3.8) is 0 Å². The molecule has 6 rings (SSSR count). The number of amides is 1. The molecule has 2 aromatic carbocycles. The summed E-state index contributed by atoms with van der Waals surface area (Å²) in [5, 5.41) is 14.0. The van der Waals surface area contributed by atoms with Crippen LogP contribution in [0.1, 0.15) is 66.8 Å². The molecule has 1 aromatic heterocycles. The van der Waals surface area contributed by atoms with Crippen molar-refractivity contribution in [2.45, 2.75) is 69.6 Å². The number of benzene rings is 2. The normalized spacial score (nSPS) is 18.4. The zero-order chi connectivity index (χ0) is 29.2. The van der Waals surface area contributed by atoms with Crippen molar-refractivity contribution in [2.24, 2.45) is 0 Å². The molecule has 0 radical (unpaired) electrons. The summed E-state index contributed by atoms with van der Waals surface area (Å²) in [5.74, 6) is 1.23. The van der Waals surface area contributed by atoms with Crippen LogP contribution >= 0.6 is 12.4 Å². The number of piperidine rings is 1. The van der Waals surface area contributed by atoms with E-state index in [1.807, 2.05) is 24.3 Å². The average molecular weight is 612 g/mol. The lowest BCUT2D eigenvalue weighted by atomic mass is 9.81. The average Bonchev–Trinajstić information content (AvgIpc) is 3.22. The molecular formula is C33H42ClN3O6. The number of aliphatic hydroxyl groups is 1. The Morgan fingerprint density at radius 3 is 2.51 bits per heavy atom. The lowest BCUT2D eigenvalue weighted by molar-refractivity contribution is -0.143. The number of carbonyl (C=O) groups is 2. The van der Waals surface area contributed by atoms with Gasteiger partial charge in [0.15, 0.2) is 0 Å². The van der Waals surface area contributed by atoms with Crippen LogP contribution in [0.3, 0.4) is 0 Å². The largest absolute Gasteiger partial charge is 0.497 e. The Balaban J connectivity index is 0.00000368. The van der Waals surface area contributed by atoms with Crippen LogP contribution in [0.5, 0.6) is 11.5 Å².